The maximum atomic E-state index is 12.5. The molecule has 1 N–H and O–H groups in total. The highest BCUT2D eigenvalue weighted by Crippen LogP contribution is 2.44. The van der Waals surface area contributed by atoms with Crippen LogP contribution in [-0.2, 0) is 14.8 Å². The standard InChI is InChI=1S/C18H26N2O4S/c1-12-4-7-17(24-2)16(8-12)20(25(3,22)23)11-18(21)19-15-10-13-5-6-14(15)9-13/h4,7-8,13-15H,5-6,9-11H2,1-3H3,(H,19,21)/t13-,14+,15+/m1/s1. The normalized spacial score (nSPS) is 25.0. The van der Waals surface area contributed by atoms with Crippen LogP contribution in [-0.4, -0.2) is 40.3 Å². The Labute approximate surface area is 149 Å². The molecule has 2 fully saturated rings. The van der Waals surface area contributed by atoms with E-state index in [-0.39, 0.29) is 18.5 Å². The smallest absolute Gasteiger partial charge is 0.241 e. The van der Waals surface area contributed by atoms with Gasteiger partial charge in [0, 0.05) is 6.04 Å². The van der Waals surface area contributed by atoms with Crippen LogP contribution in [0.5, 0.6) is 5.75 Å². The number of fused-ring (bicyclic) bond motifs is 2. The molecule has 2 aliphatic carbocycles. The van der Waals surface area contributed by atoms with Gasteiger partial charge in [0.15, 0.2) is 0 Å². The second-order valence-corrected chi connectivity index (χ2v) is 9.20. The molecule has 0 radical (unpaired) electrons. The minimum Gasteiger partial charge on any atom is -0.495 e. The molecule has 2 bridgehead atoms. The van der Waals surface area contributed by atoms with E-state index in [1.807, 2.05) is 13.0 Å². The lowest BCUT2D eigenvalue weighted by Gasteiger charge is -2.27. The van der Waals surface area contributed by atoms with Gasteiger partial charge in [-0.25, -0.2) is 8.42 Å². The van der Waals surface area contributed by atoms with Crippen molar-refractivity contribution in [2.75, 3.05) is 24.2 Å². The van der Waals surface area contributed by atoms with Crippen molar-refractivity contribution in [3.63, 3.8) is 0 Å². The lowest BCUT2D eigenvalue weighted by molar-refractivity contribution is -0.120. The fraction of sp³-hybridized carbons (Fsp3) is 0.611. The van der Waals surface area contributed by atoms with E-state index < -0.39 is 10.0 Å². The lowest BCUT2D eigenvalue weighted by atomic mass is 9.95. The summed E-state index contributed by atoms with van der Waals surface area (Å²) in [4.78, 5) is 12.5. The first-order valence-corrected chi connectivity index (χ1v) is 10.5. The number of rotatable bonds is 6. The van der Waals surface area contributed by atoms with Crippen molar-refractivity contribution in [3.8, 4) is 5.75 Å². The Kier molecular flexibility index (Phi) is 4.95. The van der Waals surface area contributed by atoms with Crippen LogP contribution >= 0.6 is 0 Å². The molecule has 6 nitrogen and oxygen atoms in total. The van der Waals surface area contributed by atoms with Crippen LogP contribution in [0.2, 0.25) is 0 Å². The number of aryl methyl sites for hydroxylation is 1. The van der Waals surface area contributed by atoms with Gasteiger partial charge in [-0.15, -0.1) is 0 Å². The summed E-state index contributed by atoms with van der Waals surface area (Å²) in [6.07, 6.45) is 5.74. The van der Waals surface area contributed by atoms with Gasteiger partial charge in [0.2, 0.25) is 15.9 Å². The number of sulfonamides is 1. The molecule has 1 amide bonds. The second kappa shape index (κ2) is 6.86. The van der Waals surface area contributed by atoms with Gasteiger partial charge in [-0.3, -0.25) is 9.10 Å². The van der Waals surface area contributed by atoms with E-state index in [9.17, 15) is 13.2 Å². The quantitative estimate of drug-likeness (QED) is 0.836. The van der Waals surface area contributed by atoms with Gasteiger partial charge >= 0.3 is 0 Å². The molecular formula is C18H26N2O4S. The first kappa shape index (κ1) is 18.0. The summed E-state index contributed by atoms with van der Waals surface area (Å²) >= 11 is 0. The van der Waals surface area contributed by atoms with Crippen molar-refractivity contribution in [2.24, 2.45) is 11.8 Å². The Bertz CT molecular complexity index is 762. The molecular weight excluding hydrogens is 340 g/mol. The molecule has 0 heterocycles. The van der Waals surface area contributed by atoms with Crippen LogP contribution in [0.3, 0.4) is 0 Å². The molecule has 7 heteroatoms. The van der Waals surface area contributed by atoms with Gasteiger partial charge in [-0.1, -0.05) is 12.5 Å². The fourth-order valence-electron chi connectivity index (χ4n) is 4.18. The van der Waals surface area contributed by atoms with Crippen molar-refractivity contribution in [1.82, 2.24) is 5.32 Å². The lowest BCUT2D eigenvalue weighted by Crippen LogP contribution is -2.45. The Morgan fingerprint density at radius 3 is 2.64 bits per heavy atom. The molecule has 3 atom stereocenters. The van der Waals surface area contributed by atoms with Crippen LogP contribution in [0.4, 0.5) is 5.69 Å². The van der Waals surface area contributed by atoms with E-state index >= 15 is 0 Å². The third kappa shape index (κ3) is 3.92. The monoisotopic (exact) mass is 366 g/mol. The topological polar surface area (TPSA) is 75.7 Å². The molecule has 1 aromatic carbocycles. The summed E-state index contributed by atoms with van der Waals surface area (Å²) in [7, 11) is -2.12. The average molecular weight is 366 g/mol. The molecule has 0 spiro atoms. The molecule has 1 aromatic rings. The molecule has 0 aliphatic heterocycles. The number of amides is 1. The van der Waals surface area contributed by atoms with E-state index in [0.717, 1.165) is 34.9 Å². The van der Waals surface area contributed by atoms with Gasteiger partial charge in [-0.05, 0) is 55.7 Å². The molecule has 0 unspecified atom stereocenters. The van der Waals surface area contributed by atoms with Crippen molar-refractivity contribution < 1.29 is 17.9 Å². The highest BCUT2D eigenvalue weighted by molar-refractivity contribution is 7.92. The number of nitrogens with one attached hydrogen (secondary N) is 1. The van der Waals surface area contributed by atoms with Crippen LogP contribution in [0.25, 0.3) is 0 Å². The number of nitrogens with zero attached hydrogens (tertiary/aromatic N) is 1. The number of carbonyl (C=O) groups excluding carboxylic acids is 1. The van der Waals surface area contributed by atoms with Crippen LogP contribution < -0.4 is 14.4 Å². The zero-order valence-electron chi connectivity index (χ0n) is 15.0. The van der Waals surface area contributed by atoms with Crippen molar-refractivity contribution in [2.45, 2.75) is 38.6 Å². The van der Waals surface area contributed by atoms with E-state index in [1.54, 1.807) is 12.1 Å². The van der Waals surface area contributed by atoms with Gasteiger partial charge in [0.05, 0.1) is 19.1 Å². The Balaban J connectivity index is 1.78. The van der Waals surface area contributed by atoms with E-state index in [1.165, 1.54) is 20.0 Å². The Morgan fingerprint density at radius 1 is 1.32 bits per heavy atom. The van der Waals surface area contributed by atoms with E-state index in [0.29, 0.717) is 17.4 Å². The number of methoxy groups -OCH3 is 1. The van der Waals surface area contributed by atoms with E-state index in [4.69, 9.17) is 4.74 Å². The molecule has 25 heavy (non-hydrogen) atoms. The predicted octanol–water partition coefficient (Wildman–Crippen LogP) is 2.07. The summed E-state index contributed by atoms with van der Waals surface area (Å²) in [5, 5.41) is 3.05. The number of anilines is 1. The molecule has 0 saturated heterocycles. The summed E-state index contributed by atoms with van der Waals surface area (Å²) in [6, 6.07) is 5.48. The fourth-order valence-corrected chi connectivity index (χ4v) is 5.03. The third-order valence-corrected chi connectivity index (χ3v) is 6.50. The molecule has 3 rings (SSSR count). The van der Waals surface area contributed by atoms with Crippen molar-refractivity contribution in [3.05, 3.63) is 23.8 Å². The highest BCUT2D eigenvalue weighted by Gasteiger charge is 2.40. The van der Waals surface area contributed by atoms with Gasteiger partial charge in [0.1, 0.15) is 12.3 Å². The van der Waals surface area contributed by atoms with Crippen molar-refractivity contribution in [1.29, 1.82) is 0 Å². The van der Waals surface area contributed by atoms with Gasteiger partial charge in [0.25, 0.3) is 0 Å². The minimum atomic E-state index is -3.61. The van der Waals surface area contributed by atoms with Gasteiger partial charge in [-0.2, -0.15) is 0 Å². The van der Waals surface area contributed by atoms with Crippen molar-refractivity contribution >= 4 is 21.6 Å². The SMILES string of the molecule is COc1ccc(C)cc1N(CC(=O)N[C@H]1C[C@@H]2CC[C@H]1C2)S(C)(=O)=O. The summed E-state index contributed by atoms with van der Waals surface area (Å²) in [5.74, 6) is 1.45. The Morgan fingerprint density at radius 2 is 2.08 bits per heavy atom. The molecule has 2 aliphatic rings. The molecule has 2 saturated carbocycles. The maximum Gasteiger partial charge on any atom is 0.241 e. The predicted molar refractivity (Wildman–Crippen MR) is 97.3 cm³/mol. The molecule has 138 valence electrons. The Hall–Kier alpha value is -1.76. The zero-order chi connectivity index (χ0) is 18.2. The summed E-state index contributed by atoms with van der Waals surface area (Å²) in [6.45, 7) is 1.64. The zero-order valence-corrected chi connectivity index (χ0v) is 15.8. The van der Waals surface area contributed by atoms with E-state index in [2.05, 4.69) is 5.32 Å². The second-order valence-electron chi connectivity index (χ2n) is 7.29. The van der Waals surface area contributed by atoms with Crippen LogP contribution in [0.15, 0.2) is 18.2 Å². The first-order chi connectivity index (χ1) is 11.8. The number of ether oxygens (including phenoxy) is 1. The highest BCUT2D eigenvalue weighted by atomic mass is 32.2. The number of hydrogen-bond donors (Lipinski definition) is 1. The number of benzene rings is 1. The largest absolute Gasteiger partial charge is 0.495 e. The minimum absolute atomic E-state index is 0.187. The summed E-state index contributed by atoms with van der Waals surface area (Å²) < 4.78 is 31.0. The first-order valence-electron chi connectivity index (χ1n) is 8.69. The maximum absolute atomic E-state index is 12.5. The summed E-state index contributed by atoms with van der Waals surface area (Å²) in [5.41, 5.74) is 1.30. The molecule has 0 aromatic heterocycles. The average Bonchev–Trinajstić information content (AvgIpc) is 3.14. The number of hydrogen-bond acceptors (Lipinski definition) is 4. The van der Waals surface area contributed by atoms with Gasteiger partial charge < -0.3 is 10.1 Å². The van der Waals surface area contributed by atoms with Crippen LogP contribution in [0.1, 0.15) is 31.2 Å². The third-order valence-electron chi connectivity index (χ3n) is 5.38. The number of carbonyl (C=O) groups is 1. The van der Waals surface area contributed by atoms with Crippen LogP contribution in [0, 0.1) is 18.8 Å².